The number of nitrogens with one attached hydrogen (secondary N) is 1. The lowest BCUT2D eigenvalue weighted by atomic mass is 10.2. The van der Waals surface area contributed by atoms with Crippen molar-refractivity contribution in [3.05, 3.63) is 40.2 Å². The number of rotatable bonds is 5. The molecule has 1 aromatic carbocycles. The first kappa shape index (κ1) is 15.0. The smallest absolute Gasteiger partial charge is 0.194 e. The van der Waals surface area contributed by atoms with Crippen LogP contribution in [-0.2, 0) is 13.0 Å². The minimum Gasteiger partial charge on any atom is -0.312 e. The van der Waals surface area contributed by atoms with Gasteiger partial charge in [0.25, 0.3) is 0 Å². The zero-order chi connectivity index (χ0) is 14.7. The molecule has 20 heavy (non-hydrogen) atoms. The van der Waals surface area contributed by atoms with E-state index in [1.807, 2.05) is 13.8 Å². The van der Waals surface area contributed by atoms with Gasteiger partial charge in [0.1, 0.15) is 5.01 Å². The summed E-state index contributed by atoms with van der Waals surface area (Å²) in [6, 6.07) is 1.96. The Hall–Kier alpha value is -1.40. The Morgan fingerprint density at radius 2 is 1.80 bits per heavy atom. The average molecular weight is 300 g/mol. The summed E-state index contributed by atoms with van der Waals surface area (Å²) in [5.41, 5.74) is 1.17. The van der Waals surface area contributed by atoms with Gasteiger partial charge in [0.2, 0.25) is 0 Å². The minimum absolute atomic E-state index is 0.267. The van der Waals surface area contributed by atoms with E-state index in [2.05, 4.69) is 10.3 Å². The molecule has 108 valence electrons. The molecule has 0 spiro atoms. The fourth-order valence-corrected chi connectivity index (χ4v) is 2.95. The molecular weight excluding hydrogens is 285 g/mol. The molecule has 1 N–H and O–H groups in total. The van der Waals surface area contributed by atoms with E-state index in [0.29, 0.717) is 11.6 Å². The minimum atomic E-state index is -1.45. The third-order valence-corrected chi connectivity index (χ3v) is 4.03. The topological polar surface area (TPSA) is 24.9 Å². The van der Waals surface area contributed by atoms with Crippen molar-refractivity contribution < 1.29 is 13.2 Å². The van der Waals surface area contributed by atoms with E-state index in [0.717, 1.165) is 35.7 Å². The van der Waals surface area contributed by atoms with E-state index in [1.165, 1.54) is 11.3 Å². The van der Waals surface area contributed by atoms with E-state index in [-0.39, 0.29) is 5.56 Å². The molecule has 2 rings (SSSR count). The van der Waals surface area contributed by atoms with Gasteiger partial charge >= 0.3 is 0 Å². The van der Waals surface area contributed by atoms with Crippen LogP contribution in [0.3, 0.4) is 0 Å². The molecular formula is C14H15F3N2S. The monoisotopic (exact) mass is 300 g/mol. The molecule has 0 radical (unpaired) electrons. The summed E-state index contributed by atoms with van der Waals surface area (Å²) in [7, 11) is 0. The summed E-state index contributed by atoms with van der Waals surface area (Å²) >= 11 is 1.37. The molecule has 0 aliphatic carbocycles. The van der Waals surface area contributed by atoms with Crippen LogP contribution in [0.4, 0.5) is 13.2 Å². The maximum atomic E-state index is 13.3. The van der Waals surface area contributed by atoms with Gasteiger partial charge in [-0.3, -0.25) is 0 Å². The molecule has 0 aliphatic heterocycles. The fourth-order valence-electron chi connectivity index (χ4n) is 1.84. The molecule has 1 aromatic heterocycles. The number of benzene rings is 1. The number of hydrogen-bond acceptors (Lipinski definition) is 3. The summed E-state index contributed by atoms with van der Waals surface area (Å²) < 4.78 is 39.5. The number of aryl methyl sites for hydroxylation is 1. The van der Waals surface area contributed by atoms with Crippen LogP contribution in [0.25, 0.3) is 10.6 Å². The summed E-state index contributed by atoms with van der Waals surface area (Å²) in [5.74, 6) is -3.84. The molecule has 0 saturated carbocycles. The van der Waals surface area contributed by atoms with Crippen molar-refractivity contribution in [3.8, 4) is 10.6 Å². The van der Waals surface area contributed by atoms with Crippen LogP contribution in [0.2, 0.25) is 0 Å². The maximum Gasteiger partial charge on any atom is 0.194 e. The first-order valence-electron chi connectivity index (χ1n) is 6.41. The molecule has 0 saturated heterocycles. The SMILES string of the molecule is CCNCc1sc(-c2cc(F)c(F)c(F)c2)nc1CC. The van der Waals surface area contributed by atoms with E-state index in [9.17, 15) is 13.2 Å². The molecule has 0 amide bonds. The lowest BCUT2D eigenvalue weighted by Crippen LogP contribution is -2.11. The number of aromatic nitrogens is 1. The van der Waals surface area contributed by atoms with Gasteiger partial charge in [0, 0.05) is 17.0 Å². The highest BCUT2D eigenvalue weighted by Crippen LogP contribution is 2.30. The Balaban J connectivity index is 2.40. The highest BCUT2D eigenvalue weighted by Gasteiger charge is 2.16. The van der Waals surface area contributed by atoms with Crippen molar-refractivity contribution in [1.82, 2.24) is 10.3 Å². The highest BCUT2D eigenvalue weighted by atomic mass is 32.1. The number of hydrogen-bond donors (Lipinski definition) is 1. The van der Waals surface area contributed by atoms with Crippen molar-refractivity contribution in [2.24, 2.45) is 0 Å². The lowest BCUT2D eigenvalue weighted by Gasteiger charge is -1.99. The molecule has 0 fully saturated rings. The van der Waals surface area contributed by atoms with Gasteiger partial charge in [-0.15, -0.1) is 11.3 Å². The molecule has 0 bridgehead atoms. The van der Waals surface area contributed by atoms with Crippen LogP contribution >= 0.6 is 11.3 Å². The van der Waals surface area contributed by atoms with Gasteiger partial charge in [-0.25, -0.2) is 18.2 Å². The van der Waals surface area contributed by atoms with Crippen LogP contribution in [0.15, 0.2) is 12.1 Å². The van der Waals surface area contributed by atoms with Gasteiger partial charge < -0.3 is 5.32 Å². The number of nitrogens with zero attached hydrogens (tertiary/aromatic N) is 1. The average Bonchev–Trinajstić information content (AvgIpc) is 2.85. The third-order valence-electron chi connectivity index (χ3n) is 2.88. The van der Waals surface area contributed by atoms with Gasteiger partial charge in [0.15, 0.2) is 17.5 Å². The second-order valence-corrected chi connectivity index (χ2v) is 5.36. The van der Waals surface area contributed by atoms with Crippen LogP contribution < -0.4 is 5.32 Å². The highest BCUT2D eigenvalue weighted by molar-refractivity contribution is 7.15. The van der Waals surface area contributed by atoms with E-state index < -0.39 is 17.5 Å². The van der Waals surface area contributed by atoms with Gasteiger partial charge in [-0.05, 0) is 25.1 Å². The predicted octanol–water partition coefficient (Wildman–Crippen LogP) is 3.90. The third kappa shape index (κ3) is 3.02. The van der Waals surface area contributed by atoms with Gasteiger partial charge in [0.05, 0.1) is 5.69 Å². The molecule has 0 atom stereocenters. The number of halogens is 3. The van der Waals surface area contributed by atoms with Gasteiger partial charge in [-0.1, -0.05) is 13.8 Å². The Morgan fingerprint density at radius 3 is 2.35 bits per heavy atom. The van der Waals surface area contributed by atoms with Crippen LogP contribution in [0.5, 0.6) is 0 Å². The first-order valence-corrected chi connectivity index (χ1v) is 7.22. The summed E-state index contributed by atoms with van der Waals surface area (Å²) in [6.45, 7) is 5.47. The van der Waals surface area contributed by atoms with Crippen LogP contribution in [0, 0.1) is 17.5 Å². The van der Waals surface area contributed by atoms with Crippen LogP contribution in [0.1, 0.15) is 24.4 Å². The molecule has 6 heteroatoms. The fraction of sp³-hybridized carbons (Fsp3) is 0.357. The van der Waals surface area contributed by atoms with Crippen molar-refractivity contribution in [3.63, 3.8) is 0 Å². The number of thiazole rings is 1. The summed E-state index contributed by atoms with van der Waals surface area (Å²) in [4.78, 5) is 5.42. The Labute approximate surface area is 119 Å². The summed E-state index contributed by atoms with van der Waals surface area (Å²) in [5, 5.41) is 3.71. The molecule has 0 unspecified atom stereocenters. The second kappa shape index (κ2) is 6.37. The zero-order valence-electron chi connectivity index (χ0n) is 11.3. The van der Waals surface area contributed by atoms with Crippen molar-refractivity contribution in [1.29, 1.82) is 0 Å². The van der Waals surface area contributed by atoms with Gasteiger partial charge in [-0.2, -0.15) is 0 Å². The molecule has 2 aromatic rings. The first-order chi connectivity index (χ1) is 9.56. The Kier molecular flexibility index (Phi) is 4.77. The van der Waals surface area contributed by atoms with E-state index in [1.54, 1.807) is 0 Å². The molecule has 0 aliphatic rings. The predicted molar refractivity (Wildman–Crippen MR) is 74.2 cm³/mol. The van der Waals surface area contributed by atoms with Crippen molar-refractivity contribution in [2.75, 3.05) is 6.54 Å². The van der Waals surface area contributed by atoms with E-state index >= 15 is 0 Å². The van der Waals surface area contributed by atoms with Crippen molar-refractivity contribution >= 4 is 11.3 Å². The van der Waals surface area contributed by atoms with Crippen LogP contribution in [-0.4, -0.2) is 11.5 Å². The quantitative estimate of drug-likeness (QED) is 0.847. The Morgan fingerprint density at radius 1 is 1.15 bits per heavy atom. The Bertz CT molecular complexity index is 587. The maximum absolute atomic E-state index is 13.3. The largest absolute Gasteiger partial charge is 0.312 e. The van der Waals surface area contributed by atoms with E-state index in [4.69, 9.17) is 0 Å². The zero-order valence-corrected chi connectivity index (χ0v) is 12.1. The van der Waals surface area contributed by atoms with Crippen molar-refractivity contribution in [2.45, 2.75) is 26.8 Å². The molecule has 2 nitrogen and oxygen atoms in total. The summed E-state index contributed by atoms with van der Waals surface area (Å²) in [6.07, 6.45) is 0.739. The normalized spacial score (nSPS) is 11.1. The lowest BCUT2D eigenvalue weighted by molar-refractivity contribution is 0.447. The standard InChI is InChI=1S/C14H15F3N2S/c1-3-11-12(7-18-4-2)20-14(19-11)8-5-9(15)13(17)10(16)6-8/h5-6,18H,3-4,7H2,1-2H3. The molecule has 1 heterocycles. The second-order valence-electron chi connectivity index (χ2n) is 4.28.